The highest BCUT2D eigenvalue weighted by Crippen LogP contribution is 2.17. The number of pyridine rings is 1. The van der Waals surface area contributed by atoms with Crippen molar-refractivity contribution in [1.82, 2.24) is 14.8 Å². The van der Waals surface area contributed by atoms with Gasteiger partial charge in [-0.1, -0.05) is 6.07 Å². The predicted octanol–water partition coefficient (Wildman–Crippen LogP) is 0.917. The minimum absolute atomic E-state index is 0.165. The van der Waals surface area contributed by atoms with Gasteiger partial charge in [-0.3, -0.25) is 9.59 Å². The summed E-state index contributed by atoms with van der Waals surface area (Å²) in [5.74, 6) is 0.119. The van der Waals surface area contributed by atoms with E-state index in [2.05, 4.69) is 14.8 Å². The number of rotatable bonds is 5. The van der Waals surface area contributed by atoms with E-state index in [0.29, 0.717) is 32.6 Å². The van der Waals surface area contributed by atoms with Crippen LogP contribution in [0, 0.1) is 5.92 Å². The molecule has 7 nitrogen and oxygen atoms in total. The highest BCUT2D eigenvalue weighted by atomic mass is 16.4. The number of anilines is 1. The van der Waals surface area contributed by atoms with Gasteiger partial charge < -0.3 is 19.8 Å². The number of carboxylic acids is 1. The lowest BCUT2D eigenvalue weighted by Crippen LogP contribution is -2.49. The van der Waals surface area contributed by atoms with Crippen molar-refractivity contribution < 1.29 is 14.7 Å². The normalized spacial score (nSPS) is 22.0. The SMILES string of the molecule is O=C(O)C1CCCN(CCC(=O)N2CCN(c3ccccn3)CC2)C1. The Morgan fingerprint density at radius 3 is 2.64 bits per heavy atom. The average Bonchev–Trinajstić information content (AvgIpc) is 2.67. The molecule has 25 heavy (non-hydrogen) atoms. The number of piperidine rings is 1. The van der Waals surface area contributed by atoms with E-state index in [1.807, 2.05) is 23.1 Å². The lowest BCUT2D eigenvalue weighted by atomic mass is 9.98. The second-order valence-electron chi connectivity index (χ2n) is 6.78. The van der Waals surface area contributed by atoms with Crippen molar-refractivity contribution in [3.8, 4) is 0 Å². The van der Waals surface area contributed by atoms with Crippen LogP contribution in [0.25, 0.3) is 0 Å². The van der Waals surface area contributed by atoms with E-state index >= 15 is 0 Å². The molecule has 3 heterocycles. The van der Waals surface area contributed by atoms with E-state index in [0.717, 1.165) is 38.3 Å². The maximum atomic E-state index is 12.4. The molecule has 7 heteroatoms. The first-order valence-corrected chi connectivity index (χ1v) is 9.02. The summed E-state index contributed by atoms with van der Waals surface area (Å²) in [5.41, 5.74) is 0. The van der Waals surface area contributed by atoms with Gasteiger partial charge in [-0.15, -0.1) is 0 Å². The van der Waals surface area contributed by atoms with Gasteiger partial charge in [0.1, 0.15) is 5.82 Å². The number of hydrogen-bond acceptors (Lipinski definition) is 5. The lowest BCUT2D eigenvalue weighted by Gasteiger charge is -2.36. The van der Waals surface area contributed by atoms with Gasteiger partial charge in [-0.25, -0.2) is 4.98 Å². The molecular formula is C18H26N4O3. The van der Waals surface area contributed by atoms with Crippen LogP contribution >= 0.6 is 0 Å². The van der Waals surface area contributed by atoms with Crippen molar-refractivity contribution in [3.63, 3.8) is 0 Å². The zero-order chi connectivity index (χ0) is 17.6. The number of aliphatic carboxylic acids is 1. The van der Waals surface area contributed by atoms with Crippen molar-refractivity contribution in [2.45, 2.75) is 19.3 Å². The van der Waals surface area contributed by atoms with Crippen LogP contribution in [0.15, 0.2) is 24.4 Å². The van der Waals surface area contributed by atoms with Crippen molar-refractivity contribution in [3.05, 3.63) is 24.4 Å². The molecule has 2 saturated heterocycles. The molecular weight excluding hydrogens is 320 g/mol. The van der Waals surface area contributed by atoms with E-state index in [9.17, 15) is 9.59 Å². The average molecular weight is 346 g/mol. The molecule has 1 atom stereocenters. The molecule has 0 aliphatic carbocycles. The Morgan fingerprint density at radius 1 is 1.16 bits per heavy atom. The van der Waals surface area contributed by atoms with E-state index in [1.165, 1.54) is 0 Å². The number of carboxylic acid groups (broad SMARTS) is 1. The molecule has 0 spiro atoms. The number of amides is 1. The summed E-state index contributed by atoms with van der Waals surface area (Å²) in [6.07, 6.45) is 3.90. The number of carbonyl (C=O) groups excluding carboxylic acids is 1. The third-order valence-corrected chi connectivity index (χ3v) is 5.10. The smallest absolute Gasteiger partial charge is 0.307 e. The van der Waals surface area contributed by atoms with Gasteiger partial charge in [0.05, 0.1) is 5.92 Å². The van der Waals surface area contributed by atoms with Crippen molar-refractivity contribution in [2.75, 3.05) is 50.7 Å². The minimum Gasteiger partial charge on any atom is -0.481 e. The van der Waals surface area contributed by atoms with Crippen LogP contribution in [0.5, 0.6) is 0 Å². The van der Waals surface area contributed by atoms with Crippen molar-refractivity contribution in [1.29, 1.82) is 0 Å². The van der Waals surface area contributed by atoms with E-state index in [1.54, 1.807) is 6.20 Å². The molecule has 1 N–H and O–H groups in total. The first-order chi connectivity index (χ1) is 12.1. The summed E-state index contributed by atoms with van der Waals surface area (Å²) in [6, 6.07) is 5.87. The van der Waals surface area contributed by atoms with Crippen LogP contribution in [0.1, 0.15) is 19.3 Å². The van der Waals surface area contributed by atoms with Gasteiger partial charge >= 0.3 is 5.97 Å². The second-order valence-corrected chi connectivity index (χ2v) is 6.78. The number of aromatic nitrogens is 1. The zero-order valence-electron chi connectivity index (χ0n) is 14.5. The molecule has 1 amide bonds. The number of hydrogen-bond donors (Lipinski definition) is 1. The van der Waals surface area contributed by atoms with Crippen LogP contribution in [0.4, 0.5) is 5.82 Å². The Morgan fingerprint density at radius 2 is 1.96 bits per heavy atom. The standard InChI is InChI=1S/C18H26N4O3/c23-17(6-9-20-8-3-4-15(14-20)18(24)25)22-12-10-21(11-13-22)16-5-1-2-7-19-16/h1-2,5,7,15H,3-4,6,8-14H2,(H,24,25). The highest BCUT2D eigenvalue weighted by Gasteiger charge is 2.26. The third-order valence-electron chi connectivity index (χ3n) is 5.10. The molecule has 3 rings (SSSR count). The molecule has 2 aliphatic heterocycles. The summed E-state index contributed by atoms with van der Waals surface area (Å²) in [6.45, 7) is 5.14. The number of piperazine rings is 1. The predicted molar refractivity (Wildman–Crippen MR) is 94.4 cm³/mol. The summed E-state index contributed by atoms with van der Waals surface area (Å²) >= 11 is 0. The summed E-state index contributed by atoms with van der Waals surface area (Å²) in [5, 5.41) is 9.14. The van der Waals surface area contributed by atoms with Crippen LogP contribution in [-0.2, 0) is 9.59 Å². The van der Waals surface area contributed by atoms with Crippen LogP contribution in [0.2, 0.25) is 0 Å². The maximum Gasteiger partial charge on any atom is 0.307 e. The third kappa shape index (κ3) is 4.69. The Bertz CT molecular complexity index is 587. The van der Waals surface area contributed by atoms with Crippen molar-refractivity contribution >= 4 is 17.7 Å². The van der Waals surface area contributed by atoms with Crippen LogP contribution < -0.4 is 4.90 Å². The molecule has 0 bridgehead atoms. The first-order valence-electron chi connectivity index (χ1n) is 9.02. The second kappa shape index (κ2) is 8.29. The van der Waals surface area contributed by atoms with E-state index in [4.69, 9.17) is 5.11 Å². The molecule has 1 aromatic heterocycles. The van der Waals surface area contributed by atoms with Gasteiger partial charge in [0, 0.05) is 51.9 Å². The molecule has 1 aromatic rings. The van der Waals surface area contributed by atoms with Gasteiger partial charge in [-0.2, -0.15) is 0 Å². The van der Waals surface area contributed by atoms with E-state index in [-0.39, 0.29) is 11.8 Å². The Kier molecular flexibility index (Phi) is 5.86. The first kappa shape index (κ1) is 17.7. The fourth-order valence-corrected chi connectivity index (χ4v) is 3.60. The number of carbonyl (C=O) groups is 2. The highest BCUT2D eigenvalue weighted by molar-refractivity contribution is 5.76. The van der Waals surface area contributed by atoms with Gasteiger partial charge in [0.25, 0.3) is 0 Å². The lowest BCUT2D eigenvalue weighted by molar-refractivity contribution is -0.143. The Labute approximate surface area is 148 Å². The molecule has 136 valence electrons. The topological polar surface area (TPSA) is 77.0 Å². The molecule has 2 fully saturated rings. The fourth-order valence-electron chi connectivity index (χ4n) is 3.60. The zero-order valence-corrected chi connectivity index (χ0v) is 14.5. The maximum absolute atomic E-state index is 12.4. The monoisotopic (exact) mass is 346 g/mol. The summed E-state index contributed by atoms with van der Waals surface area (Å²) in [7, 11) is 0. The molecule has 2 aliphatic rings. The summed E-state index contributed by atoms with van der Waals surface area (Å²) < 4.78 is 0. The number of likely N-dealkylation sites (tertiary alicyclic amines) is 1. The minimum atomic E-state index is -0.721. The largest absolute Gasteiger partial charge is 0.481 e. The molecule has 0 saturated carbocycles. The van der Waals surface area contributed by atoms with Crippen LogP contribution in [-0.4, -0.2) is 77.6 Å². The molecule has 1 unspecified atom stereocenters. The Balaban J connectivity index is 1.41. The van der Waals surface area contributed by atoms with Crippen molar-refractivity contribution in [2.24, 2.45) is 5.92 Å². The van der Waals surface area contributed by atoms with Gasteiger partial charge in [0.15, 0.2) is 0 Å². The van der Waals surface area contributed by atoms with Crippen LogP contribution in [0.3, 0.4) is 0 Å². The van der Waals surface area contributed by atoms with E-state index < -0.39 is 5.97 Å². The molecule has 0 aromatic carbocycles. The summed E-state index contributed by atoms with van der Waals surface area (Å²) in [4.78, 5) is 34.2. The molecule has 0 radical (unpaired) electrons. The fraction of sp³-hybridized carbons (Fsp3) is 0.611. The quantitative estimate of drug-likeness (QED) is 0.854. The number of nitrogens with zero attached hydrogens (tertiary/aromatic N) is 4. The Hall–Kier alpha value is -2.15. The van der Waals surface area contributed by atoms with Gasteiger partial charge in [0.2, 0.25) is 5.91 Å². The van der Waals surface area contributed by atoms with Gasteiger partial charge in [-0.05, 0) is 31.5 Å².